The fourth-order valence-corrected chi connectivity index (χ4v) is 3.80. The van der Waals surface area contributed by atoms with Crippen LogP contribution in [0.15, 0.2) is 59.2 Å². The van der Waals surface area contributed by atoms with Crippen LogP contribution in [0.4, 0.5) is 4.39 Å². The van der Waals surface area contributed by atoms with Crippen LogP contribution in [-0.2, 0) is 20.9 Å². The average Bonchev–Trinajstić information content (AvgIpc) is 2.79. The van der Waals surface area contributed by atoms with E-state index in [-0.39, 0.29) is 41.0 Å². The molecule has 2 aromatic carbocycles. The van der Waals surface area contributed by atoms with Crippen molar-refractivity contribution in [1.29, 1.82) is 5.26 Å². The summed E-state index contributed by atoms with van der Waals surface area (Å²) in [5.41, 5.74) is 7.40. The van der Waals surface area contributed by atoms with E-state index in [1.807, 2.05) is 13.0 Å². The number of nitrogens with two attached hydrogens (primary N) is 1. The number of allylic oxidation sites excluding steroid dienone is 2. The van der Waals surface area contributed by atoms with Gasteiger partial charge in [-0.05, 0) is 50.6 Å². The molecule has 0 bridgehead atoms. The minimum absolute atomic E-state index is 0.0812. The Labute approximate surface area is 202 Å². The summed E-state index contributed by atoms with van der Waals surface area (Å²) < 4.78 is 35.6. The maximum Gasteiger partial charge on any atom is 0.338 e. The van der Waals surface area contributed by atoms with Crippen molar-refractivity contribution >= 4 is 17.6 Å². The van der Waals surface area contributed by atoms with Gasteiger partial charge in [-0.25, -0.2) is 9.18 Å². The summed E-state index contributed by atoms with van der Waals surface area (Å²) in [6, 6.07) is 11.1. The Bertz CT molecular complexity index is 1200. The number of carbonyl (C=O) groups is 1. The van der Waals surface area contributed by atoms with Gasteiger partial charge in [0.25, 0.3) is 0 Å². The molecular weight excluding hydrogens is 463 g/mol. The number of nitrogens with zero attached hydrogens (tertiary/aromatic N) is 1. The molecule has 0 aliphatic carbocycles. The van der Waals surface area contributed by atoms with Crippen molar-refractivity contribution in [2.45, 2.75) is 33.3 Å². The number of halogens is 2. The van der Waals surface area contributed by atoms with Crippen molar-refractivity contribution in [1.82, 2.24) is 0 Å². The van der Waals surface area contributed by atoms with Gasteiger partial charge >= 0.3 is 5.97 Å². The highest BCUT2D eigenvalue weighted by atomic mass is 35.5. The van der Waals surface area contributed by atoms with E-state index >= 15 is 0 Å². The fourth-order valence-electron chi connectivity index (χ4n) is 3.57. The van der Waals surface area contributed by atoms with E-state index in [0.29, 0.717) is 29.2 Å². The Kier molecular flexibility index (Phi) is 8.03. The molecule has 1 aliphatic heterocycles. The average molecular weight is 487 g/mol. The summed E-state index contributed by atoms with van der Waals surface area (Å²) >= 11 is 6.09. The van der Waals surface area contributed by atoms with Gasteiger partial charge in [0.15, 0.2) is 11.5 Å². The smallest absolute Gasteiger partial charge is 0.338 e. The fraction of sp³-hybridized carbons (Fsp3) is 0.280. The van der Waals surface area contributed by atoms with E-state index in [1.54, 1.807) is 38.1 Å². The molecule has 1 unspecified atom stereocenters. The van der Waals surface area contributed by atoms with E-state index in [9.17, 15) is 14.4 Å². The maximum absolute atomic E-state index is 13.3. The highest BCUT2D eigenvalue weighted by molar-refractivity contribution is 6.31. The molecule has 178 valence electrons. The molecule has 7 nitrogen and oxygen atoms in total. The van der Waals surface area contributed by atoms with Crippen LogP contribution in [0.25, 0.3) is 0 Å². The van der Waals surface area contributed by atoms with Gasteiger partial charge in [-0.1, -0.05) is 23.7 Å². The summed E-state index contributed by atoms with van der Waals surface area (Å²) in [7, 11) is 0. The first kappa shape index (κ1) is 24.9. The van der Waals surface area contributed by atoms with Gasteiger partial charge < -0.3 is 24.7 Å². The quantitative estimate of drug-likeness (QED) is 0.517. The zero-order valence-corrected chi connectivity index (χ0v) is 19.7. The topological polar surface area (TPSA) is 104 Å². The Morgan fingerprint density at radius 1 is 1.18 bits per heavy atom. The van der Waals surface area contributed by atoms with E-state index in [2.05, 4.69) is 0 Å². The van der Waals surface area contributed by atoms with Gasteiger partial charge in [0, 0.05) is 5.56 Å². The summed E-state index contributed by atoms with van der Waals surface area (Å²) in [5, 5.41) is 10.0. The number of ether oxygens (including phenoxy) is 4. The first-order valence-electron chi connectivity index (χ1n) is 10.6. The molecule has 2 N–H and O–H groups in total. The van der Waals surface area contributed by atoms with Gasteiger partial charge in [0.2, 0.25) is 5.88 Å². The third-order valence-electron chi connectivity index (χ3n) is 5.10. The second-order valence-corrected chi connectivity index (χ2v) is 7.69. The molecule has 1 heterocycles. The Balaban J connectivity index is 2.00. The number of rotatable bonds is 8. The number of hydrogen-bond donors (Lipinski definition) is 1. The van der Waals surface area contributed by atoms with E-state index in [0.717, 1.165) is 0 Å². The van der Waals surface area contributed by atoms with Crippen LogP contribution in [0, 0.1) is 17.1 Å². The Hall–Kier alpha value is -3.70. The summed E-state index contributed by atoms with van der Waals surface area (Å²) in [5.74, 6) is -0.877. The van der Waals surface area contributed by atoms with Gasteiger partial charge in [-0.3, -0.25) is 0 Å². The van der Waals surface area contributed by atoms with E-state index in [4.69, 9.17) is 36.3 Å². The van der Waals surface area contributed by atoms with Gasteiger partial charge in [0.05, 0.1) is 29.7 Å². The van der Waals surface area contributed by atoms with E-state index < -0.39 is 17.7 Å². The molecule has 2 aromatic rings. The zero-order valence-electron chi connectivity index (χ0n) is 19.0. The van der Waals surface area contributed by atoms with Gasteiger partial charge in [-0.2, -0.15) is 5.26 Å². The second kappa shape index (κ2) is 10.9. The lowest BCUT2D eigenvalue weighted by molar-refractivity contribution is -0.139. The van der Waals surface area contributed by atoms with Crippen LogP contribution in [0.5, 0.6) is 11.5 Å². The lowest BCUT2D eigenvalue weighted by Crippen LogP contribution is -2.25. The van der Waals surface area contributed by atoms with Crippen LogP contribution in [0.3, 0.4) is 0 Å². The third-order valence-corrected chi connectivity index (χ3v) is 5.45. The van der Waals surface area contributed by atoms with Gasteiger partial charge in [-0.15, -0.1) is 0 Å². The molecule has 1 aliphatic rings. The second-order valence-electron chi connectivity index (χ2n) is 7.28. The van der Waals surface area contributed by atoms with Crippen LogP contribution in [-0.4, -0.2) is 19.2 Å². The molecule has 0 aromatic heterocycles. The monoisotopic (exact) mass is 486 g/mol. The summed E-state index contributed by atoms with van der Waals surface area (Å²) in [6.45, 7) is 5.68. The predicted molar refractivity (Wildman–Crippen MR) is 123 cm³/mol. The molecule has 9 heteroatoms. The summed E-state index contributed by atoms with van der Waals surface area (Å²) in [6.07, 6.45) is 0. The summed E-state index contributed by atoms with van der Waals surface area (Å²) in [4.78, 5) is 12.7. The molecule has 0 radical (unpaired) electrons. The molecule has 0 fully saturated rings. The van der Waals surface area contributed by atoms with Crippen molar-refractivity contribution < 1.29 is 28.1 Å². The predicted octanol–water partition coefficient (Wildman–Crippen LogP) is 5.10. The molecule has 0 saturated carbocycles. The zero-order chi connectivity index (χ0) is 24.8. The number of esters is 1. The number of hydrogen-bond acceptors (Lipinski definition) is 7. The molecule has 1 atom stereocenters. The van der Waals surface area contributed by atoms with Gasteiger partial charge in [0.1, 0.15) is 29.8 Å². The standard InChI is InChI=1S/C25H24ClFN2O5/c1-4-31-21-10-15(7-9-20(21)33-13-16-6-8-17(27)11-19(16)26)23-18(12-28)24(29)34-14(3)22(23)25(30)32-5-2/h6-11,23H,4-5,13,29H2,1-3H3. The lowest BCUT2D eigenvalue weighted by Gasteiger charge is -2.27. The number of benzene rings is 2. The minimum Gasteiger partial charge on any atom is -0.490 e. The minimum atomic E-state index is -0.808. The largest absolute Gasteiger partial charge is 0.490 e. The van der Waals surface area contributed by atoms with Crippen molar-refractivity contribution in [2.24, 2.45) is 5.73 Å². The molecule has 34 heavy (non-hydrogen) atoms. The molecule has 3 rings (SSSR count). The van der Waals surface area contributed by atoms with Crippen molar-refractivity contribution in [2.75, 3.05) is 13.2 Å². The number of nitriles is 1. The van der Waals surface area contributed by atoms with Crippen molar-refractivity contribution in [3.8, 4) is 17.6 Å². The molecule has 0 amide bonds. The molecule has 0 saturated heterocycles. The normalized spacial score (nSPS) is 15.5. The Morgan fingerprint density at radius 2 is 1.94 bits per heavy atom. The SMILES string of the molecule is CCOC(=O)C1=C(C)OC(N)=C(C#N)C1c1ccc(OCc2ccc(F)cc2Cl)c(OCC)c1. The van der Waals surface area contributed by atoms with Crippen molar-refractivity contribution in [3.05, 3.63) is 81.2 Å². The van der Waals surface area contributed by atoms with Crippen LogP contribution < -0.4 is 15.2 Å². The van der Waals surface area contributed by atoms with E-state index in [1.165, 1.54) is 12.1 Å². The highest BCUT2D eigenvalue weighted by Gasteiger charge is 2.36. The molecule has 0 spiro atoms. The maximum atomic E-state index is 13.3. The number of carbonyl (C=O) groups excluding carboxylic acids is 1. The third kappa shape index (κ3) is 5.26. The highest BCUT2D eigenvalue weighted by Crippen LogP contribution is 2.42. The lowest BCUT2D eigenvalue weighted by atomic mass is 9.83. The van der Waals surface area contributed by atoms with Crippen LogP contribution in [0.2, 0.25) is 5.02 Å². The van der Waals surface area contributed by atoms with Crippen molar-refractivity contribution in [3.63, 3.8) is 0 Å². The Morgan fingerprint density at radius 3 is 2.59 bits per heavy atom. The molecular formula is C25H24ClFN2O5. The first-order valence-corrected chi connectivity index (χ1v) is 11.0. The van der Waals surface area contributed by atoms with Crippen LogP contribution in [0.1, 0.15) is 37.8 Å². The first-order chi connectivity index (χ1) is 16.3. The van der Waals surface area contributed by atoms with Crippen LogP contribution >= 0.6 is 11.6 Å².